The molecule has 0 saturated heterocycles. The van der Waals surface area contributed by atoms with E-state index in [0.717, 1.165) is 4.90 Å². The van der Waals surface area contributed by atoms with E-state index in [1.807, 2.05) is 6.07 Å². The Morgan fingerprint density at radius 1 is 0.793 bits per heavy atom. The van der Waals surface area contributed by atoms with E-state index in [4.69, 9.17) is 12.2 Å². The smallest absolute Gasteiger partial charge is 0.266 e. The van der Waals surface area contributed by atoms with Gasteiger partial charge in [0.25, 0.3) is 17.7 Å². The van der Waals surface area contributed by atoms with Crippen molar-refractivity contribution in [2.24, 2.45) is 0 Å². The van der Waals surface area contributed by atoms with Crippen molar-refractivity contribution in [3.8, 4) is 0 Å². The van der Waals surface area contributed by atoms with Crippen LogP contribution in [0.2, 0.25) is 0 Å². The lowest BCUT2D eigenvalue weighted by Gasteiger charge is -2.16. The van der Waals surface area contributed by atoms with Gasteiger partial charge in [-0.25, -0.2) is 4.90 Å². The van der Waals surface area contributed by atoms with Crippen LogP contribution in [0.25, 0.3) is 0 Å². The third kappa shape index (κ3) is 3.63. The Hall–Kier alpha value is -3.84. The van der Waals surface area contributed by atoms with Crippen LogP contribution in [0.5, 0.6) is 0 Å². The summed E-state index contributed by atoms with van der Waals surface area (Å²) in [5.74, 6) is -1.08. The highest BCUT2D eigenvalue weighted by Crippen LogP contribution is 2.29. The van der Waals surface area contributed by atoms with Crippen LogP contribution < -0.4 is 15.5 Å². The van der Waals surface area contributed by atoms with E-state index in [9.17, 15) is 14.4 Å². The summed E-state index contributed by atoms with van der Waals surface area (Å²) in [6.07, 6.45) is 0. The van der Waals surface area contributed by atoms with Gasteiger partial charge in [-0.2, -0.15) is 0 Å². The molecule has 0 radical (unpaired) electrons. The molecule has 0 unspecified atom stereocenters. The summed E-state index contributed by atoms with van der Waals surface area (Å²) >= 11 is 5.20. The van der Waals surface area contributed by atoms with Crippen molar-refractivity contribution in [3.05, 3.63) is 95.6 Å². The summed E-state index contributed by atoms with van der Waals surface area (Å²) in [6.45, 7) is 0. The van der Waals surface area contributed by atoms with Crippen LogP contribution in [0, 0.1) is 0 Å². The summed E-state index contributed by atoms with van der Waals surface area (Å²) in [7, 11) is 0. The molecule has 0 aromatic heterocycles. The van der Waals surface area contributed by atoms with Gasteiger partial charge in [-0.1, -0.05) is 36.4 Å². The van der Waals surface area contributed by atoms with Crippen molar-refractivity contribution >= 4 is 46.4 Å². The van der Waals surface area contributed by atoms with Crippen molar-refractivity contribution in [1.29, 1.82) is 0 Å². The fourth-order valence-electron chi connectivity index (χ4n) is 3.07. The van der Waals surface area contributed by atoms with Crippen LogP contribution in [-0.2, 0) is 0 Å². The number of anilines is 2. The van der Waals surface area contributed by atoms with Crippen molar-refractivity contribution in [2.45, 2.75) is 0 Å². The maximum absolute atomic E-state index is 12.6. The molecule has 3 aromatic carbocycles. The van der Waals surface area contributed by atoms with Gasteiger partial charge in [0, 0.05) is 11.3 Å². The first-order valence-electron chi connectivity index (χ1n) is 8.80. The number of imide groups is 1. The summed E-state index contributed by atoms with van der Waals surface area (Å²) in [5, 5.41) is 5.62. The van der Waals surface area contributed by atoms with Gasteiger partial charge in [0.2, 0.25) is 0 Å². The minimum Gasteiger partial charge on any atom is -0.332 e. The average molecular weight is 401 g/mol. The molecule has 1 heterocycles. The lowest BCUT2D eigenvalue weighted by atomic mass is 10.1. The highest BCUT2D eigenvalue weighted by molar-refractivity contribution is 7.80. The second-order valence-electron chi connectivity index (χ2n) is 6.32. The second kappa shape index (κ2) is 7.65. The predicted octanol–water partition coefficient (Wildman–Crippen LogP) is 3.61. The molecule has 2 N–H and O–H groups in total. The molecule has 1 aliphatic rings. The summed E-state index contributed by atoms with van der Waals surface area (Å²) in [5.41, 5.74) is 2.19. The van der Waals surface area contributed by atoms with Gasteiger partial charge < -0.3 is 5.32 Å². The fourth-order valence-corrected chi connectivity index (χ4v) is 3.28. The third-order valence-electron chi connectivity index (χ3n) is 4.42. The molecule has 3 aromatic rings. The van der Waals surface area contributed by atoms with Gasteiger partial charge >= 0.3 is 0 Å². The number of carbonyl (C=O) groups is 3. The monoisotopic (exact) mass is 401 g/mol. The molecule has 0 atom stereocenters. The van der Waals surface area contributed by atoms with Gasteiger partial charge in [0.05, 0.1) is 16.8 Å². The number of benzene rings is 3. The van der Waals surface area contributed by atoms with Crippen LogP contribution in [0.1, 0.15) is 31.1 Å². The number of fused-ring (bicyclic) bond motifs is 1. The standard InChI is InChI=1S/C22H15N3O3S/c26-19(14-7-2-1-3-8-14)24-22(29)23-15-9-6-10-16(13-15)25-20(27)17-11-4-5-12-18(17)21(25)28/h1-13H,(H2,23,24,26,29). The molecule has 0 saturated carbocycles. The first-order chi connectivity index (χ1) is 14.0. The Kier molecular flexibility index (Phi) is 4.88. The van der Waals surface area contributed by atoms with Crippen molar-refractivity contribution < 1.29 is 14.4 Å². The number of amides is 3. The Labute approximate surface area is 172 Å². The van der Waals surface area contributed by atoms with E-state index < -0.39 is 0 Å². The first-order valence-corrected chi connectivity index (χ1v) is 9.20. The quantitative estimate of drug-likeness (QED) is 0.518. The molecule has 0 fully saturated rings. The SMILES string of the molecule is O=C(NC(=S)Nc1cccc(N2C(=O)c3ccccc3C2=O)c1)c1ccccc1. The summed E-state index contributed by atoms with van der Waals surface area (Å²) < 4.78 is 0. The van der Waals surface area contributed by atoms with E-state index >= 15 is 0 Å². The van der Waals surface area contributed by atoms with Crippen molar-refractivity contribution in [3.63, 3.8) is 0 Å². The number of nitrogens with zero attached hydrogens (tertiary/aromatic N) is 1. The summed E-state index contributed by atoms with van der Waals surface area (Å²) in [4.78, 5) is 38.6. The number of carbonyl (C=O) groups excluding carboxylic acids is 3. The molecule has 7 heteroatoms. The molecule has 29 heavy (non-hydrogen) atoms. The lowest BCUT2D eigenvalue weighted by Crippen LogP contribution is -2.34. The van der Waals surface area contributed by atoms with Crippen molar-refractivity contribution in [2.75, 3.05) is 10.2 Å². The van der Waals surface area contributed by atoms with Crippen LogP contribution in [-0.4, -0.2) is 22.8 Å². The number of hydrogen-bond acceptors (Lipinski definition) is 4. The fraction of sp³-hybridized carbons (Fsp3) is 0. The van der Waals surface area contributed by atoms with Crippen LogP contribution in [0.3, 0.4) is 0 Å². The number of hydrogen-bond donors (Lipinski definition) is 2. The van der Waals surface area contributed by atoms with E-state index in [-0.39, 0.29) is 22.8 Å². The highest BCUT2D eigenvalue weighted by atomic mass is 32.1. The van der Waals surface area contributed by atoms with Gasteiger partial charge in [-0.05, 0) is 54.7 Å². The van der Waals surface area contributed by atoms with E-state index in [2.05, 4.69) is 10.6 Å². The first kappa shape index (κ1) is 18.5. The molecular weight excluding hydrogens is 386 g/mol. The second-order valence-corrected chi connectivity index (χ2v) is 6.72. The van der Waals surface area contributed by atoms with Gasteiger partial charge in [-0.3, -0.25) is 19.7 Å². The lowest BCUT2D eigenvalue weighted by molar-refractivity contribution is 0.0924. The molecule has 142 valence electrons. The molecule has 6 nitrogen and oxygen atoms in total. The number of nitrogens with one attached hydrogen (secondary N) is 2. The topological polar surface area (TPSA) is 78.5 Å². The van der Waals surface area contributed by atoms with E-state index in [1.54, 1.807) is 72.8 Å². The van der Waals surface area contributed by atoms with Crippen LogP contribution in [0.4, 0.5) is 11.4 Å². The Bertz CT molecular complexity index is 1110. The van der Waals surface area contributed by atoms with Crippen LogP contribution >= 0.6 is 12.2 Å². The van der Waals surface area contributed by atoms with Crippen LogP contribution in [0.15, 0.2) is 78.9 Å². The summed E-state index contributed by atoms with van der Waals surface area (Å²) in [6, 6.07) is 22.1. The van der Waals surface area contributed by atoms with E-state index in [0.29, 0.717) is 28.1 Å². The minimum atomic E-state index is -0.372. The third-order valence-corrected chi connectivity index (χ3v) is 4.62. The molecule has 0 spiro atoms. The maximum Gasteiger partial charge on any atom is 0.266 e. The molecule has 0 aliphatic carbocycles. The largest absolute Gasteiger partial charge is 0.332 e. The zero-order valence-electron chi connectivity index (χ0n) is 15.1. The zero-order valence-corrected chi connectivity index (χ0v) is 15.9. The van der Waals surface area contributed by atoms with Gasteiger partial charge in [0.1, 0.15) is 0 Å². The minimum absolute atomic E-state index is 0.110. The van der Waals surface area contributed by atoms with E-state index in [1.165, 1.54) is 0 Å². The zero-order chi connectivity index (χ0) is 20.4. The highest BCUT2D eigenvalue weighted by Gasteiger charge is 2.36. The Morgan fingerprint density at radius 3 is 2.07 bits per heavy atom. The van der Waals surface area contributed by atoms with Gasteiger partial charge in [-0.15, -0.1) is 0 Å². The predicted molar refractivity (Wildman–Crippen MR) is 114 cm³/mol. The molecule has 3 amide bonds. The Morgan fingerprint density at radius 2 is 1.41 bits per heavy atom. The molecule has 4 rings (SSSR count). The van der Waals surface area contributed by atoms with Gasteiger partial charge in [0.15, 0.2) is 5.11 Å². The Balaban J connectivity index is 1.50. The average Bonchev–Trinajstić information content (AvgIpc) is 2.99. The molecular formula is C22H15N3O3S. The maximum atomic E-state index is 12.6. The normalized spacial score (nSPS) is 12.5. The molecule has 0 bridgehead atoms. The van der Waals surface area contributed by atoms with Crippen molar-refractivity contribution in [1.82, 2.24) is 5.32 Å². The molecule has 1 aliphatic heterocycles. The number of rotatable bonds is 3. The number of thiocarbonyl (C=S) groups is 1.